The van der Waals surface area contributed by atoms with Crippen LogP contribution in [0.1, 0.15) is 17.5 Å². The molecule has 3 aromatic rings. The SMILES string of the molecule is O=C(O)C(F)(F)F.O=S(=O)(Nc1cscn1)c1c(F)cc(NCc2c(F)cccc2CN2CCC2)cc1F. The number of nitrogens with zero attached hydrogens (tertiary/aromatic N) is 2. The van der Waals surface area contributed by atoms with Crippen LogP contribution < -0.4 is 10.0 Å². The predicted molar refractivity (Wildman–Crippen MR) is 127 cm³/mol. The molecule has 1 aliphatic heterocycles. The first-order valence-electron chi connectivity index (χ1n) is 10.7. The van der Waals surface area contributed by atoms with Crippen LogP contribution in [0.3, 0.4) is 0 Å². The molecule has 0 aliphatic carbocycles. The smallest absolute Gasteiger partial charge is 0.475 e. The number of nitrogens with one attached hydrogen (secondary N) is 2. The Labute approximate surface area is 217 Å². The Morgan fingerprint density at radius 1 is 1.11 bits per heavy atom. The minimum absolute atomic E-state index is 0.000705. The molecule has 3 N–H and O–H groups in total. The quantitative estimate of drug-likeness (QED) is 0.327. The van der Waals surface area contributed by atoms with Gasteiger partial charge in [0.05, 0.1) is 5.51 Å². The zero-order valence-corrected chi connectivity index (χ0v) is 20.9. The molecule has 0 bridgehead atoms. The molecule has 16 heteroatoms. The van der Waals surface area contributed by atoms with Crippen molar-refractivity contribution >= 4 is 38.8 Å². The highest BCUT2D eigenvalue weighted by Gasteiger charge is 2.38. The minimum atomic E-state index is -5.08. The highest BCUT2D eigenvalue weighted by atomic mass is 32.2. The molecule has 0 radical (unpaired) electrons. The lowest BCUT2D eigenvalue weighted by atomic mass is 10.0. The van der Waals surface area contributed by atoms with Gasteiger partial charge in [0.15, 0.2) is 10.7 Å². The molecule has 0 saturated carbocycles. The van der Waals surface area contributed by atoms with Crippen molar-refractivity contribution in [2.75, 3.05) is 23.1 Å². The van der Waals surface area contributed by atoms with E-state index in [0.29, 0.717) is 12.1 Å². The van der Waals surface area contributed by atoms with Gasteiger partial charge in [-0.15, -0.1) is 11.3 Å². The number of sulfonamides is 1. The zero-order valence-electron chi connectivity index (χ0n) is 19.2. The van der Waals surface area contributed by atoms with Crippen molar-refractivity contribution in [3.05, 3.63) is 69.8 Å². The van der Waals surface area contributed by atoms with E-state index in [1.54, 1.807) is 6.07 Å². The third-order valence-electron chi connectivity index (χ3n) is 5.21. The van der Waals surface area contributed by atoms with E-state index in [9.17, 15) is 34.8 Å². The number of likely N-dealkylation sites (tertiary alicyclic amines) is 1. The summed E-state index contributed by atoms with van der Waals surface area (Å²) in [5.41, 5.74) is 2.58. The van der Waals surface area contributed by atoms with Gasteiger partial charge in [-0.25, -0.2) is 31.4 Å². The van der Waals surface area contributed by atoms with Crippen molar-refractivity contribution in [1.82, 2.24) is 9.88 Å². The lowest BCUT2D eigenvalue weighted by Crippen LogP contribution is -2.36. The van der Waals surface area contributed by atoms with E-state index < -0.39 is 44.5 Å². The molecule has 0 spiro atoms. The summed E-state index contributed by atoms with van der Waals surface area (Å²) in [7, 11) is -4.50. The number of carbonyl (C=O) groups is 1. The molecule has 1 aromatic heterocycles. The standard InChI is InChI=1S/C20H19F3N4O2S2.C2HF3O2/c21-16-4-1-3-13(10-27-5-2-6-27)15(16)9-24-14-7-17(22)20(18(23)8-14)31(28,29)26-19-11-30-12-25-19;3-2(4,5)1(6)7/h1,3-4,7-8,11-12,24,26H,2,5-6,9-10H2;(H,6,7). The second-order valence-corrected chi connectivity index (χ2v) is 10.2. The Bertz CT molecular complexity index is 1360. The second kappa shape index (κ2) is 12.0. The predicted octanol–water partition coefficient (Wildman–Crippen LogP) is 4.81. The highest BCUT2D eigenvalue weighted by Crippen LogP contribution is 2.27. The number of carboxylic acid groups (broad SMARTS) is 1. The number of aromatic nitrogens is 1. The lowest BCUT2D eigenvalue weighted by Gasteiger charge is -2.31. The first kappa shape index (κ1) is 29.2. The van der Waals surface area contributed by atoms with Crippen molar-refractivity contribution < 1.29 is 44.7 Å². The fourth-order valence-electron chi connectivity index (χ4n) is 3.29. The second-order valence-electron chi connectivity index (χ2n) is 7.91. The summed E-state index contributed by atoms with van der Waals surface area (Å²) in [6.07, 6.45) is -3.98. The monoisotopic (exact) mass is 582 g/mol. The van der Waals surface area contributed by atoms with E-state index in [1.807, 2.05) is 10.8 Å². The van der Waals surface area contributed by atoms with Gasteiger partial charge in [0.2, 0.25) is 0 Å². The molecule has 38 heavy (non-hydrogen) atoms. The molecule has 0 atom stereocenters. The van der Waals surface area contributed by atoms with E-state index in [2.05, 4.69) is 15.2 Å². The van der Waals surface area contributed by atoms with E-state index in [0.717, 1.165) is 48.5 Å². The Balaban J connectivity index is 0.000000505. The number of aliphatic carboxylic acids is 1. The number of anilines is 2. The third kappa shape index (κ3) is 7.58. The van der Waals surface area contributed by atoms with Gasteiger partial charge in [-0.05, 0) is 43.3 Å². The number of halogens is 6. The lowest BCUT2D eigenvalue weighted by molar-refractivity contribution is -0.192. The van der Waals surface area contributed by atoms with Crippen LogP contribution >= 0.6 is 11.3 Å². The zero-order chi connectivity index (χ0) is 28.1. The highest BCUT2D eigenvalue weighted by molar-refractivity contribution is 7.92. The Morgan fingerprint density at radius 3 is 2.24 bits per heavy atom. The van der Waals surface area contributed by atoms with Gasteiger partial charge >= 0.3 is 12.1 Å². The molecule has 1 saturated heterocycles. The molecular weight excluding hydrogens is 562 g/mol. The van der Waals surface area contributed by atoms with Gasteiger partial charge in [0, 0.05) is 29.7 Å². The number of alkyl halides is 3. The van der Waals surface area contributed by atoms with Crippen LogP contribution in [-0.4, -0.2) is 48.6 Å². The van der Waals surface area contributed by atoms with Crippen molar-refractivity contribution in [2.24, 2.45) is 0 Å². The summed E-state index contributed by atoms with van der Waals surface area (Å²) >= 11 is 1.13. The van der Waals surface area contributed by atoms with E-state index in [-0.39, 0.29) is 18.1 Å². The summed E-state index contributed by atoms with van der Waals surface area (Å²) in [4.78, 5) is 13.7. The molecule has 2 heterocycles. The van der Waals surface area contributed by atoms with E-state index >= 15 is 0 Å². The van der Waals surface area contributed by atoms with Gasteiger partial charge in [0.1, 0.15) is 17.5 Å². The van der Waals surface area contributed by atoms with Crippen LogP contribution in [0.5, 0.6) is 0 Å². The number of benzene rings is 2. The Morgan fingerprint density at radius 2 is 1.74 bits per heavy atom. The summed E-state index contributed by atoms with van der Waals surface area (Å²) in [5, 5.41) is 11.3. The molecule has 2 aromatic carbocycles. The van der Waals surface area contributed by atoms with Crippen LogP contribution in [0.4, 0.5) is 37.8 Å². The maximum atomic E-state index is 14.5. The van der Waals surface area contributed by atoms with Gasteiger partial charge < -0.3 is 10.4 Å². The number of hydrogen-bond acceptors (Lipinski definition) is 7. The molecular formula is C22H20F6N4O4S2. The van der Waals surface area contributed by atoms with Gasteiger partial charge in [-0.2, -0.15) is 13.2 Å². The Kier molecular flexibility index (Phi) is 9.22. The fraction of sp³-hybridized carbons (Fsp3) is 0.273. The molecule has 4 rings (SSSR count). The summed E-state index contributed by atoms with van der Waals surface area (Å²) < 4.78 is 102. The number of carboxylic acids is 1. The van der Waals surface area contributed by atoms with E-state index in [1.165, 1.54) is 17.0 Å². The number of hydrogen-bond donors (Lipinski definition) is 3. The van der Waals surface area contributed by atoms with Crippen LogP contribution in [0.15, 0.2) is 46.1 Å². The van der Waals surface area contributed by atoms with Crippen LogP contribution in [0, 0.1) is 17.5 Å². The van der Waals surface area contributed by atoms with Crippen LogP contribution in [0.25, 0.3) is 0 Å². The molecule has 8 nitrogen and oxygen atoms in total. The summed E-state index contributed by atoms with van der Waals surface area (Å²) in [6.45, 7) is 2.49. The number of rotatable bonds is 8. The molecule has 0 unspecified atom stereocenters. The van der Waals surface area contributed by atoms with Gasteiger partial charge in [-0.1, -0.05) is 12.1 Å². The van der Waals surface area contributed by atoms with Crippen molar-refractivity contribution in [3.8, 4) is 0 Å². The molecule has 1 aliphatic rings. The molecule has 206 valence electrons. The topological polar surface area (TPSA) is 112 Å². The molecule has 0 amide bonds. The maximum Gasteiger partial charge on any atom is 0.490 e. The van der Waals surface area contributed by atoms with E-state index in [4.69, 9.17) is 9.90 Å². The average Bonchev–Trinajstić information content (AvgIpc) is 3.27. The third-order valence-corrected chi connectivity index (χ3v) is 7.20. The molecule has 1 fully saturated rings. The first-order chi connectivity index (χ1) is 17.8. The van der Waals surface area contributed by atoms with Crippen LogP contribution in [0.2, 0.25) is 0 Å². The maximum absolute atomic E-state index is 14.5. The normalized spacial score (nSPS) is 13.7. The van der Waals surface area contributed by atoms with Gasteiger partial charge in [-0.3, -0.25) is 9.62 Å². The van der Waals surface area contributed by atoms with Crippen molar-refractivity contribution in [1.29, 1.82) is 0 Å². The van der Waals surface area contributed by atoms with Crippen LogP contribution in [-0.2, 0) is 27.9 Å². The van der Waals surface area contributed by atoms with Gasteiger partial charge in [0.25, 0.3) is 10.0 Å². The fourth-order valence-corrected chi connectivity index (χ4v) is 4.97. The summed E-state index contributed by atoms with van der Waals surface area (Å²) in [6, 6.07) is 6.52. The van der Waals surface area contributed by atoms with Crippen molar-refractivity contribution in [2.45, 2.75) is 30.6 Å². The minimum Gasteiger partial charge on any atom is -0.475 e. The Hall–Kier alpha value is -3.37. The summed E-state index contributed by atoms with van der Waals surface area (Å²) in [5.74, 6) is -5.73. The first-order valence-corrected chi connectivity index (χ1v) is 13.1. The number of thiazole rings is 1. The average molecular weight is 583 g/mol. The van der Waals surface area contributed by atoms with Crippen molar-refractivity contribution in [3.63, 3.8) is 0 Å². The largest absolute Gasteiger partial charge is 0.490 e.